The predicted octanol–water partition coefficient (Wildman–Crippen LogP) is 8.73. The van der Waals surface area contributed by atoms with Gasteiger partial charge in [-0.05, 0) is 88.2 Å². The van der Waals surface area contributed by atoms with Crippen LogP contribution >= 0.6 is 23.2 Å². The molecule has 2 amide bonds. The first kappa shape index (κ1) is 41.5. The van der Waals surface area contributed by atoms with E-state index in [1.54, 1.807) is 12.1 Å². The fraction of sp³-hybridized carbons (Fsp3) is 0.533. The molecule has 4 aromatic rings. The zero-order valence-corrected chi connectivity index (χ0v) is 35.6. The number of hydrogen-bond acceptors (Lipinski definition) is 7. The Hall–Kier alpha value is -4.23. The summed E-state index contributed by atoms with van der Waals surface area (Å²) in [6, 6.07) is 11.3. The first-order valence-corrected chi connectivity index (χ1v) is 22.1. The summed E-state index contributed by atoms with van der Waals surface area (Å²) in [4.78, 5) is 51.0. The number of amides is 2. The molecule has 2 aromatic heterocycles. The number of ether oxygens (including phenoxy) is 1. The highest BCUT2D eigenvalue weighted by Gasteiger charge is 2.31. The number of aryl methyl sites for hydroxylation is 1. The Labute approximate surface area is 356 Å². The standard InChI is InChI=1S/C45H55Cl2N7O5/c1-52-37-19-16-27(12-13-28-14-17-29(18-15-28)45(57)58)6-3-9-33(37)48-41(52)43(55)50-34-10-4-7-31(39(34)46)32-8-5-11-35(40(32)47)51-44(56)42-49-36-26-54(23-20-38(36)53(42)2)30-21-24-59-25-22-30/h4-5,7-8,10-11,27-30H,3,6,9,12-26H2,1-2H3,(H,50,55)(H,51,56)(H,57,58). The molecule has 2 aromatic carbocycles. The van der Waals surface area contributed by atoms with Gasteiger partial charge in [-0.3, -0.25) is 19.3 Å². The molecule has 1 saturated carbocycles. The number of nitrogens with one attached hydrogen (secondary N) is 2. The Morgan fingerprint density at radius 1 is 0.729 bits per heavy atom. The van der Waals surface area contributed by atoms with E-state index in [9.17, 15) is 19.5 Å². The molecule has 1 saturated heterocycles. The second-order valence-corrected chi connectivity index (χ2v) is 17.8. The van der Waals surface area contributed by atoms with E-state index in [-0.39, 0.29) is 17.7 Å². The third-order valence-electron chi connectivity index (χ3n) is 13.5. The number of anilines is 2. The van der Waals surface area contributed by atoms with E-state index in [0.717, 1.165) is 126 Å². The lowest BCUT2D eigenvalue weighted by atomic mass is 9.78. The molecule has 14 heteroatoms. The molecule has 2 aliphatic carbocycles. The van der Waals surface area contributed by atoms with Crippen LogP contribution in [-0.4, -0.2) is 72.7 Å². The number of imidazole rings is 2. The topological polar surface area (TPSA) is 144 Å². The minimum absolute atomic E-state index is 0.169. The van der Waals surface area contributed by atoms with E-state index < -0.39 is 5.97 Å². The number of fused-ring (bicyclic) bond motifs is 2. The normalized spacial score (nSPS) is 21.5. The zero-order chi connectivity index (χ0) is 41.2. The maximum absolute atomic E-state index is 13.8. The summed E-state index contributed by atoms with van der Waals surface area (Å²) in [6.07, 6.45) is 13.7. The van der Waals surface area contributed by atoms with Crippen molar-refractivity contribution >= 4 is 52.4 Å². The Morgan fingerprint density at radius 3 is 1.88 bits per heavy atom. The zero-order valence-electron chi connectivity index (χ0n) is 34.1. The lowest BCUT2D eigenvalue weighted by Crippen LogP contribution is -2.42. The Balaban J connectivity index is 0.915. The van der Waals surface area contributed by atoms with Crippen LogP contribution in [-0.2, 0) is 49.4 Å². The van der Waals surface area contributed by atoms with Crippen LogP contribution in [0.4, 0.5) is 11.4 Å². The second-order valence-electron chi connectivity index (χ2n) is 17.0. The highest BCUT2D eigenvalue weighted by Crippen LogP contribution is 2.41. The minimum Gasteiger partial charge on any atom is -0.481 e. The Morgan fingerprint density at radius 2 is 1.29 bits per heavy atom. The number of benzene rings is 2. The molecule has 1 atom stereocenters. The van der Waals surface area contributed by atoms with E-state index >= 15 is 0 Å². The molecule has 1 unspecified atom stereocenters. The summed E-state index contributed by atoms with van der Waals surface area (Å²) in [5, 5.41) is 16.0. The summed E-state index contributed by atoms with van der Waals surface area (Å²) in [7, 11) is 3.81. The number of nitrogens with zero attached hydrogens (tertiary/aromatic N) is 5. The molecule has 12 nitrogen and oxygen atoms in total. The van der Waals surface area contributed by atoms with Crippen LogP contribution in [0.3, 0.4) is 0 Å². The quantitative estimate of drug-likeness (QED) is 0.144. The van der Waals surface area contributed by atoms with Gasteiger partial charge in [0.2, 0.25) is 0 Å². The average molecular weight is 845 g/mol. The van der Waals surface area contributed by atoms with Crippen LogP contribution in [0.2, 0.25) is 10.0 Å². The minimum atomic E-state index is -0.646. The van der Waals surface area contributed by atoms with Crippen LogP contribution in [0.25, 0.3) is 11.1 Å². The number of carboxylic acids is 1. The molecule has 4 aliphatic rings. The van der Waals surface area contributed by atoms with Crippen LogP contribution in [0.5, 0.6) is 0 Å². The van der Waals surface area contributed by atoms with E-state index in [1.807, 2.05) is 47.5 Å². The largest absolute Gasteiger partial charge is 0.481 e. The molecule has 314 valence electrons. The van der Waals surface area contributed by atoms with Crippen molar-refractivity contribution in [3.8, 4) is 11.1 Å². The summed E-state index contributed by atoms with van der Waals surface area (Å²) < 4.78 is 9.39. The van der Waals surface area contributed by atoms with Crippen molar-refractivity contribution < 1.29 is 24.2 Å². The van der Waals surface area contributed by atoms with Crippen molar-refractivity contribution in [1.82, 2.24) is 24.0 Å². The van der Waals surface area contributed by atoms with Gasteiger partial charge in [0.25, 0.3) is 11.8 Å². The van der Waals surface area contributed by atoms with Crippen molar-refractivity contribution in [3.63, 3.8) is 0 Å². The number of halogens is 2. The van der Waals surface area contributed by atoms with Gasteiger partial charge in [0, 0.05) is 75.4 Å². The highest BCUT2D eigenvalue weighted by molar-refractivity contribution is 6.40. The number of carbonyl (C=O) groups excluding carboxylic acids is 2. The Bertz CT molecular complexity index is 2200. The lowest BCUT2D eigenvalue weighted by molar-refractivity contribution is -0.143. The van der Waals surface area contributed by atoms with Crippen LogP contribution in [0, 0.1) is 17.8 Å². The van der Waals surface area contributed by atoms with E-state index in [4.69, 9.17) is 37.9 Å². The smallest absolute Gasteiger partial charge is 0.306 e. The van der Waals surface area contributed by atoms with Gasteiger partial charge in [-0.1, -0.05) is 66.7 Å². The van der Waals surface area contributed by atoms with Gasteiger partial charge >= 0.3 is 5.97 Å². The SMILES string of the molecule is Cn1c(C(=O)Nc2cccc(-c3cccc(NC(=O)c4nc5c(n4C)CCN(C4CCOCC4)C5)c3Cl)c2Cl)nc2c1CCC(CCC1CCC(C(=O)O)CC1)CCC2. The monoisotopic (exact) mass is 843 g/mol. The third kappa shape index (κ3) is 8.97. The molecular formula is C45H55Cl2N7O5. The lowest BCUT2D eigenvalue weighted by Gasteiger charge is -2.36. The van der Waals surface area contributed by atoms with Crippen LogP contribution in [0.1, 0.15) is 115 Å². The number of rotatable bonds is 10. The summed E-state index contributed by atoms with van der Waals surface area (Å²) in [6.45, 7) is 3.21. The first-order valence-electron chi connectivity index (χ1n) is 21.4. The number of hydrogen-bond donors (Lipinski definition) is 3. The summed E-state index contributed by atoms with van der Waals surface area (Å²) in [5.41, 5.74) is 6.19. The first-order chi connectivity index (χ1) is 28.5. The van der Waals surface area contributed by atoms with Crippen molar-refractivity contribution in [1.29, 1.82) is 0 Å². The van der Waals surface area contributed by atoms with E-state index in [0.29, 0.717) is 68.6 Å². The van der Waals surface area contributed by atoms with Gasteiger partial charge in [0.05, 0.1) is 38.7 Å². The summed E-state index contributed by atoms with van der Waals surface area (Å²) >= 11 is 14.0. The van der Waals surface area contributed by atoms with Gasteiger partial charge in [0.15, 0.2) is 11.6 Å². The number of carboxylic acid groups (broad SMARTS) is 1. The van der Waals surface area contributed by atoms with Crippen molar-refractivity contribution in [2.45, 2.75) is 102 Å². The number of aromatic nitrogens is 4. The molecule has 2 fully saturated rings. The number of aliphatic carboxylic acids is 1. The average Bonchev–Trinajstić information content (AvgIpc) is 3.73. The Kier molecular flexibility index (Phi) is 12.8. The molecule has 2 aliphatic heterocycles. The third-order valence-corrected chi connectivity index (χ3v) is 14.3. The molecule has 8 rings (SSSR count). The molecule has 3 N–H and O–H groups in total. The molecule has 59 heavy (non-hydrogen) atoms. The van der Waals surface area contributed by atoms with Gasteiger partial charge in [-0.2, -0.15) is 0 Å². The van der Waals surface area contributed by atoms with Gasteiger partial charge < -0.3 is 29.6 Å². The summed E-state index contributed by atoms with van der Waals surface area (Å²) in [5.74, 6) is 0.423. The van der Waals surface area contributed by atoms with Crippen LogP contribution in [0.15, 0.2) is 36.4 Å². The van der Waals surface area contributed by atoms with E-state index in [2.05, 4.69) is 15.5 Å². The van der Waals surface area contributed by atoms with Gasteiger partial charge in [-0.25, -0.2) is 9.97 Å². The molecule has 0 radical (unpaired) electrons. The second kappa shape index (κ2) is 18.2. The van der Waals surface area contributed by atoms with Crippen molar-refractivity contribution in [3.05, 3.63) is 80.9 Å². The number of carbonyl (C=O) groups is 3. The van der Waals surface area contributed by atoms with Crippen molar-refractivity contribution in [2.24, 2.45) is 31.8 Å². The van der Waals surface area contributed by atoms with Crippen LogP contribution < -0.4 is 10.6 Å². The van der Waals surface area contributed by atoms with Gasteiger partial charge in [-0.15, -0.1) is 0 Å². The highest BCUT2D eigenvalue weighted by atomic mass is 35.5. The maximum atomic E-state index is 13.8. The maximum Gasteiger partial charge on any atom is 0.306 e. The van der Waals surface area contributed by atoms with E-state index in [1.165, 1.54) is 6.42 Å². The molecule has 4 heterocycles. The fourth-order valence-corrected chi connectivity index (χ4v) is 10.5. The van der Waals surface area contributed by atoms with Gasteiger partial charge in [0.1, 0.15) is 0 Å². The molecule has 0 spiro atoms. The molecule has 0 bridgehead atoms. The molecular weight excluding hydrogens is 789 g/mol. The fourth-order valence-electron chi connectivity index (χ4n) is 9.95. The predicted molar refractivity (Wildman–Crippen MR) is 229 cm³/mol. The van der Waals surface area contributed by atoms with Crippen molar-refractivity contribution in [2.75, 3.05) is 30.4 Å².